The molecule has 4 heterocycles. The van der Waals surface area contributed by atoms with Crippen LogP contribution in [0.3, 0.4) is 0 Å². The van der Waals surface area contributed by atoms with Gasteiger partial charge in [0.25, 0.3) is 0 Å². The van der Waals surface area contributed by atoms with E-state index in [2.05, 4.69) is 205 Å². The standard InChI is InChI=1S/C58H33N5S/c1-3-12-39-29-43(23-17-34(39)9-1)56-60-55(61-57(62-56)44-24-18-35-10-2-4-13-40(35)30-44)38-21-19-37(20-22-38)51-33-49-48-31-41-14-5-6-15-42(41)32-52(48)64-54(49)58-59-53-47-26-25-36-11-7-8-16-45(36)46(47)27-28-50(53)63(51)58/h1-33H. The van der Waals surface area contributed by atoms with Crippen molar-refractivity contribution in [3.05, 3.63) is 200 Å². The summed E-state index contributed by atoms with van der Waals surface area (Å²) in [5.41, 5.74) is 8.01. The Kier molecular flexibility index (Phi) is 7.49. The summed E-state index contributed by atoms with van der Waals surface area (Å²) in [7, 11) is 0. The number of hydrogen-bond acceptors (Lipinski definition) is 5. The highest BCUT2D eigenvalue weighted by atomic mass is 32.1. The summed E-state index contributed by atoms with van der Waals surface area (Å²) in [5.74, 6) is 1.89. The summed E-state index contributed by atoms with van der Waals surface area (Å²) in [5, 5.41) is 14.4. The lowest BCUT2D eigenvalue weighted by Crippen LogP contribution is -2.00. The van der Waals surface area contributed by atoms with E-state index < -0.39 is 0 Å². The van der Waals surface area contributed by atoms with Crippen molar-refractivity contribution in [1.29, 1.82) is 0 Å². The van der Waals surface area contributed by atoms with Gasteiger partial charge in [0, 0.05) is 37.5 Å². The Morgan fingerprint density at radius 2 is 0.844 bits per heavy atom. The maximum Gasteiger partial charge on any atom is 0.164 e. The van der Waals surface area contributed by atoms with Crippen molar-refractivity contribution in [3.63, 3.8) is 0 Å². The van der Waals surface area contributed by atoms with Gasteiger partial charge in [-0.2, -0.15) is 0 Å². The van der Waals surface area contributed by atoms with E-state index in [4.69, 9.17) is 19.9 Å². The Morgan fingerprint density at radius 3 is 1.52 bits per heavy atom. The van der Waals surface area contributed by atoms with Gasteiger partial charge in [-0.1, -0.05) is 164 Å². The van der Waals surface area contributed by atoms with Crippen LogP contribution in [-0.4, -0.2) is 24.3 Å². The van der Waals surface area contributed by atoms with Crippen LogP contribution in [0.15, 0.2) is 200 Å². The Balaban J connectivity index is 0.978. The van der Waals surface area contributed by atoms with Crippen LogP contribution >= 0.6 is 11.3 Å². The van der Waals surface area contributed by atoms with Gasteiger partial charge >= 0.3 is 0 Å². The molecule has 0 N–H and O–H groups in total. The normalized spacial score (nSPS) is 12.1. The molecule has 5 nitrogen and oxygen atoms in total. The van der Waals surface area contributed by atoms with Gasteiger partial charge < -0.3 is 0 Å². The first-order valence-electron chi connectivity index (χ1n) is 21.5. The molecule has 64 heavy (non-hydrogen) atoms. The van der Waals surface area contributed by atoms with Crippen molar-refractivity contribution >= 4 is 102 Å². The minimum absolute atomic E-state index is 0.621. The molecule has 0 bridgehead atoms. The van der Waals surface area contributed by atoms with Crippen LogP contribution in [0.2, 0.25) is 0 Å². The molecule has 6 heteroatoms. The van der Waals surface area contributed by atoms with Crippen molar-refractivity contribution in [1.82, 2.24) is 24.3 Å². The zero-order chi connectivity index (χ0) is 41.9. The molecular weight excluding hydrogens is 799 g/mol. The van der Waals surface area contributed by atoms with E-state index in [0.29, 0.717) is 17.5 Å². The number of aromatic nitrogens is 5. The first-order chi connectivity index (χ1) is 31.7. The summed E-state index contributed by atoms with van der Waals surface area (Å²) in [4.78, 5) is 21.0. The molecule has 0 aliphatic carbocycles. The predicted octanol–water partition coefficient (Wildman–Crippen LogP) is 15.5. The van der Waals surface area contributed by atoms with Crippen molar-refractivity contribution in [3.8, 4) is 45.4 Å². The lowest BCUT2D eigenvalue weighted by molar-refractivity contribution is 1.07. The van der Waals surface area contributed by atoms with Crippen LogP contribution < -0.4 is 0 Å². The summed E-state index contributed by atoms with van der Waals surface area (Å²) in [6.07, 6.45) is 0. The maximum atomic E-state index is 5.56. The molecule has 296 valence electrons. The van der Waals surface area contributed by atoms with E-state index in [-0.39, 0.29) is 0 Å². The lowest BCUT2D eigenvalue weighted by Gasteiger charge is -2.12. The van der Waals surface area contributed by atoms with Crippen molar-refractivity contribution in [2.75, 3.05) is 0 Å². The van der Waals surface area contributed by atoms with Crippen molar-refractivity contribution in [2.45, 2.75) is 0 Å². The van der Waals surface area contributed by atoms with Crippen LogP contribution in [0.5, 0.6) is 0 Å². The molecule has 14 rings (SSSR count). The highest BCUT2D eigenvalue weighted by Gasteiger charge is 2.21. The summed E-state index contributed by atoms with van der Waals surface area (Å²) in [6, 6.07) is 71.6. The van der Waals surface area contributed by atoms with Crippen LogP contribution in [0.4, 0.5) is 0 Å². The Bertz CT molecular complexity index is 4160. The molecular formula is C58H33N5S. The summed E-state index contributed by atoms with van der Waals surface area (Å²) >= 11 is 1.83. The number of hydrogen-bond donors (Lipinski definition) is 0. The van der Waals surface area contributed by atoms with Crippen LogP contribution in [0.1, 0.15) is 0 Å². The first-order valence-corrected chi connectivity index (χ1v) is 22.3. The van der Waals surface area contributed by atoms with Crippen LogP contribution in [-0.2, 0) is 0 Å². The van der Waals surface area contributed by atoms with E-state index in [1.165, 1.54) is 57.9 Å². The minimum Gasteiger partial charge on any atom is -0.291 e. The average molecular weight is 832 g/mol. The predicted molar refractivity (Wildman–Crippen MR) is 268 cm³/mol. The number of thiophene rings is 1. The minimum atomic E-state index is 0.621. The van der Waals surface area contributed by atoms with Gasteiger partial charge in [0.2, 0.25) is 0 Å². The SMILES string of the molecule is c1ccc2cc(-c3nc(-c4ccc(-c5cc6c7cc8ccccc8cc7sc6c6nc7c8ccc9ccccc9c8ccc7n56)cc4)nc(-c4ccc5ccccc5c4)n3)ccc2c1. The molecule has 0 atom stereocenters. The number of pyridine rings is 1. The third-order valence-corrected chi connectivity index (χ3v) is 14.1. The number of rotatable bonds is 4. The summed E-state index contributed by atoms with van der Waals surface area (Å²) < 4.78 is 4.81. The summed E-state index contributed by atoms with van der Waals surface area (Å²) in [6.45, 7) is 0. The van der Waals surface area contributed by atoms with E-state index >= 15 is 0 Å². The molecule has 0 aliphatic rings. The Labute approximate surface area is 370 Å². The molecule has 0 saturated carbocycles. The second-order valence-electron chi connectivity index (χ2n) is 16.7. The second kappa shape index (κ2) is 13.6. The zero-order valence-corrected chi connectivity index (χ0v) is 35.0. The van der Waals surface area contributed by atoms with Gasteiger partial charge in [-0.3, -0.25) is 4.40 Å². The third kappa shape index (κ3) is 5.43. The Hall–Kier alpha value is -8.32. The number of fused-ring (bicyclic) bond motifs is 14. The molecule has 0 fully saturated rings. The molecule has 0 spiro atoms. The molecule has 10 aromatic carbocycles. The Morgan fingerprint density at radius 1 is 0.328 bits per heavy atom. The monoisotopic (exact) mass is 831 g/mol. The van der Waals surface area contributed by atoms with Gasteiger partial charge in [0.05, 0.1) is 21.4 Å². The molecule has 0 radical (unpaired) electrons. The molecule has 0 amide bonds. The number of imidazole rings is 1. The van der Waals surface area contributed by atoms with Crippen LogP contribution in [0, 0.1) is 0 Å². The smallest absolute Gasteiger partial charge is 0.164 e. The first kappa shape index (κ1) is 35.3. The van der Waals surface area contributed by atoms with Gasteiger partial charge in [0.1, 0.15) is 0 Å². The third-order valence-electron chi connectivity index (χ3n) is 13.0. The molecule has 0 unspecified atom stereocenters. The van der Waals surface area contributed by atoms with Gasteiger partial charge in [-0.25, -0.2) is 19.9 Å². The lowest BCUT2D eigenvalue weighted by atomic mass is 10.0. The largest absolute Gasteiger partial charge is 0.291 e. The maximum absolute atomic E-state index is 5.56. The molecule has 14 aromatic rings. The fraction of sp³-hybridized carbons (Fsp3) is 0. The van der Waals surface area contributed by atoms with Gasteiger partial charge in [0.15, 0.2) is 23.1 Å². The zero-order valence-electron chi connectivity index (χ0n) is 34.2. The van der Waals surface area contributed by atoms with Gasteiger partial charge in [-0.15, -0.1) is 11.3 Å². The average Bonchev–Trinajstić information content (AvgIpc) is 3.93. The molecule has 0 saturated heterocycles. The van der Waals surface area contributed by atoms with E-state index in [9.17, 15) is 0 Å². The topological polar surface area (TPSA) is 56.0 Å². The quantitative estimate of drug-likeness (QED) is 0.166. The van der Waals surface area contributed by atoms with Gasteiger partial charge in [-0.05, 0) is 90.4 Å². The van der Waals surface area contributed by atoms with E-state index in [0.717, 1.165) is 60.8 Å². The van der Waals surface area contributed by atoms with E-state index in [1.807, 2.05) is 11.3 Å². The highest BCUT2D eigenvalue weighted by Crippen LogP contribution is 2.43. The van der Waals surface area contributed by atoms with E-state index in [1.54, 1.807) is 0 Å². The van der Waals surface area contributed by atoms with Crippen LogP contribution in [0.25, 0.3) is 136 Å². The fourth-order valence-corrected chi connectivity index (χ4v) is 11.0. The number of nitrogens with zero attached hydrogens (tertiary/aromatic N) is 5. The van der Waals surface area contributed by atoms with Crippen molar-refractivity contribution in [2.24, 2.45) is 0 Å². The second-order valence-corrected chi connectivity index (χ2v) is 17.7. The number of benzene rings is 10. The molecule has 0 aliphatic heterocycles. The fourth-order valence-electron chi connectivity index (χ4n) is 9.76. The van der Waals surface area contributed by atoms with Crippen molar-refractivity contribution < 1.29 is 0 Å². The highest BCUT2D eigenvalue weighted by molar-refractivity contribution is 7.26. The molecule has 4 aromatic heterocycles.